The van der Waals surface area contributed by atoms with Crippen LogP contribution in [0.5, 0.6) is 0 Å². The molecule has 1 nitrogen and oxygen atoms in total. The van der Waals surface area contributed by atoms with Crippen molar-refractivity contribution >= 4 is 11.8 Å². The minimum Gasteiger partial charge on any atom is -0.316 e. The van der Waals surface area contributed by atoms with E-state index in [0.29, 0.717) is 5.41 Å². The largest absolute Gasteiger partial charge is 0.316 e. The first kappa shape index (κ1) is 12.4. The summed E-state index contributed by atoms with van der Waals surface area (Å²) in [5.41, 5.74) is 0.593. The Kier molecular flexibility index (Phi) is 4.78. The maximum atomic E-state index is 3.51. The molecule has 0 saturated carbocycles. The third kappa shape index (κ3) is 2.66. The maximum Gasteiger partial charge on any atom is -0.000975 e. The Morgan fingerprint density at radius 3 is 2.64 bits per heavy atom. The van der Waals surface area contributed by atoms with Crippen LogP contribution in [0.15, 0.2) is 0 Å². The molecule has 0 aromatic heterocycles. The van der Waals surface area contributed by atoms with E-state index < -0.39 is 0 Å². The summed E-state index contributed by atoms with van der Waals surface area (Å²) in [4.78, 5) is 0. The fraction of sp³-hybridized carbons (Fsp3) is 1.00. The van der Waals surface area contributed by atoms with Crippen LogP contribution in [0, 0.1) is 17.3 Å². The van der Waals surface area contributed by atoms with E-state index in [4.69, 9.17) is 0 Å². The monoisotopic (exact) mass is 215 g/mol. The summed E-state index contributed by atoms with van der Waals surface area (Å²) in [5, 5.41) is 3.51. The highest BCUT2D eigenvalue weighted by molar-refractivity contribution is 7.99. The molecule has 0 bridgehead atoms. The van der Waals surface area contributed by atoms with Gasteiger partial charge in [-0.05, 0) is 48.3 Å². The van der Waals surface area contributed by atoms with Gasteiger partial charge in [0.25, 0.3) is 0 Å². The molecule has 1 N–H and O–H groups in total. The van der Waals surface area contributed by atoms with Crippen LogP contribution in [-0.4, -0.2) is 24.6 Å². The van der Waals surface area contributed by atoms with E-state index >= 15 is 0 Å². The lowest BCUT2D eigenvalue weighted by molar-refractivity contribution is 0.129. The van der Waals surface area contributed by atoms with E-state index in [1.165, 1.54) is 31.0 Å². The predicted octanol–water partition coefficient (Wildman–Crippen LogP) is 3.01. The lowest BCUT2D eigenvalue weighted by Gasteiger charge is -2.46. The molecule has 84 valence electrons. The van der Waals surface area contributed by atoms with Gasteiger partial charge in [0.1, 0.15) is 0 Å². The highest BCUT2D eigenvalue weighted by Crippen LogP contribution is 2.44. The fourth-order valence-electron chi connectivity index (χ4n) is 2.71. The summed E-state index contributed by atoms with van der Waals surface area (Å²) in [6.45, 7) is 11.4. The van der Waals surface area contributed by atoms with Crippen molar-refractivity contribution in [3.05, 3.63) is 0 Å². The number of hydrogen-bond donors (Lipinski definition) is 1. The first-order valence-electron chi connectivity index (χ1n) is 5.98. The molecule has 2 rings (SSSR count). The topological polar surface area (TPSA) is 12.0 Å². The molecule has 0 aromatic rings. The Bertz CT molecular complexity index is 166. The average molecular weight is 215 g/mol. The molecule has 2 fully saturated rings. The number of thioether (sulfide) groups is 1. The minimum absolute atomic E-state index is 0.593. The first-order chi connectivity index (χ1) is 6.70. The number of nitrogens with one attached hydrogen (secondary N) is 1. The smallest absolute Gasteiger partial charge is 0.000975 e. The molecule has 2 aliphatic rings. The second-order valence-corrected chi connectivity index (χ2v) is 5.89. The first-order valence-corrected chi connectivity index (χ1v) is 7.14. The Balaban J connectivity index is 0.000000461. The summed E-state index contributed by atoms with van der Waals surface area (Å²) in [7, 11) is 0. The van der Waals surface area contributed by atoms with E-state index in [1.807, 2.05) is 13.8 Å². The Labute approximate surface area is 93.4 Å². The molecule has 2 unspecified atom stereocenters. The average Bonchev–Trinajstić information content (AvgIpc) is 2.21. The van der Waals surface area contributed by atoms with Gasteiger partial charge in [-0.25, -0.2) is 0 Å². The van der Waals surface area contributed by atoms with Gasteiger partial charge < -0.3 is 5.32 Å². The van der Waals surface area contributed by atoms with Crippen molar-refractivity contribution in [2.75, 3.05) is 24.6 Å². The van der Waals surface area contributed by atoms with Crippen LogP contribution in [0.3, 0.4) is 0 Å². The van der Waals surface area contributed by atoms with Crippen LogP contribution in [0.2, 0.25) is 0 Å². The third-order valence-electron chi connectivity index (χ3n) is 3.42. The van der Waals surface area contributed by atoms with Crippen molar-refractivity contribution < 1.29 is 0 Å². The standard InChI is InChI=1S/C10H19NS.C2H6/c1-10(2)7-12-6-8-5-11-4-3-9(8)10;1-2/h8-9,11H,3-7H2,1-2H3;1-2H3. The maximum absolute atomic E-state index is 3.51. The normalized spacial score (nSPS) is 35.1. The summed E-state index contributed by atoms with van der Waals surface area (Å²) >= 11 is 2.15. The second kappa shape index (κ2) is 5.41. The molecular formula is C12H25NS. The Morgan fingerprint density at radius 1 is 1.29 bits per heavy atom. The molecule has 0 aliphatic carbocycles. The van der Waals surface area contributed by atoms with Crippen LogP contribution < -0.4 is 5.32 Å². The second-order valence-electron chi connectivity index (χ2n) is 4.86. The molecule has 2 aliphatic heterocycles. The van der Waals surface area contributed by atoms with Gasteiger partial charge in [-0.3, -0.25) is 0 Å². The van der Waals surface area contributed by atoms with Crippen molar-refractivity contribution in [3.8, 4) is 0 Å². The zero-order chi connectivity index (χ0) is 10.6. The van der Waals surface area contributed by atoms with Crippen molar-refractivity contribution in [3.63, 3.8) is 0 Å². The number of rotatable bonds is 0. The lowest BCUT2D eigenvalue weighted by atomic mass is 9.70. The molecule has 2 atom stereocenters. The molecule has 0 spiro atoms. The zero-order valence-corrected chi connectivity index (χ0v) is 10.9. The molecule has 0 radical (unpaired) electrons. The Hall–Kier alpha value is 0.310. The van der Waals surface area contributed by atoms with Gasteiger partial charge >= 0.3 is 0 Å². The summed E-state index contributed by atoms with van der Waals surface area (Å²) < 4.78 is 0. The lowest BCUT2D eigenvalue weighted by Crippen LogP contribution is -2.47. The van der Waals surface area contributed by atoms with Crippen LogP contribution in [-0.2, 0) is 0 Å². The van der Waals surface area contributed by atoms with Crippen molar-refractivity contribution in [2.24, 2.45) is 17.3 Å². The molecule has 0 aromatic carbocycles. The van der Waals surface area contributed by atoms with Gasteiger partial charge in [0.2, 0.25) is 0 Å². The van der Waals surface area contributed by atoms with Gasteiger partial charge in [-0.1, -0.05) is 27.7 Å². The quantitative estimate of drug-likeness (QED) is 0.666. The van der Waals surface area contributed by atoms with E-state index in [-0.39, 0.29) is 0 Å². The van der Waals surface area contributed by atoms with E-state index in [0.717, 1.165) is 11.8 Å². The summed E-state index contributed by atoms with van der Waals surface area (Å²) in [6.07, 6.45) is 1.40. The third-order valence-corrected chi connectivity index (χ3v) is 5.03. The van der Waals surface area contributed by atoms with Crippen molar-refractivity contribution in [1.29, 1.82) is 0 Å². The highest BCUT2D eigenvalue weighted by Gasteiger charge is 2.40. The summed E-state index contributed by atoms with van der Waals surface area (Å²) in [6, 6.07) is 0. The van der Waals surface area contributed by atoms with E-state index in [9.17, 15) is 0 Å². The van der Waals surface area contributed by atoms with Gasteiger partial charge in [-0.15, -0.1) is 0 Å². The van der Waals surface area contributed by atoms with E-state index in [1.54, 1.807) is 0 Å². The summed E-state index contributed by atoms with van der Waals surface area (Å²) in [5.74, 6) is 4.70. The van der Waals surface area contributed by atoms with Crippen molar-refractivity contribution in [1.82, 2.24) is 5.32 Å². The number of fused-ring (bicyclic) bond motifs is 1. The molecule has 2 heteroatoms. The van der Waals surface area contributed by atoms with Gasteiger partial charge in [0.05, 0.1) is 0 Å². The molecule has 14 heavy (non-hydrogen) atoms. The zero-order valence-electron chi connectivity index (χ0n) is 10.1. The predicted molar refractivity (Wildman–Crippen MR) is 66.9 cm³/mol. The molecule has 2 heterocycles. The van der Waals surface area contributed by atoms with Crippen LogP contribution in [0.1, 0.15) is 34.1 Å². The fourth-order valence-corrected chi connectivity index (χ4v) is 4.22. The van der Waals surface area contributed by atoms with Crippen LogP contribution in [0.25, 0.3) is 0 Å². The van der Waals surface area contributed by atoms with Gasteiger partial charge in [-0.2, -0.15) is 11.8 Å². The Morgan fingerprint density at radius 2 is 2.00 bits per heavy atom. The van der Waals surface area contributed by atoms with Gasteiger partial charge in [0, 0.05) is 0 Å². The van der Waals surface area contributed by atoms with Gasteiger partial charge in [0.15, 0.2) is 0 Å². The van der Waals surface area contributed by atoms with Crippen LogP contribution >= 0.6 is 11.8 Å². The minimum atomic E-state index is 0.593. The number of piperidine rings is 1. The highest BCUT2D eigenvalue weighted by atomic mass is 32.2. The number of hydrogen-bond acceptors (Lipinski definition) is 2. The van der Waals surface area contributed by atoms with Crippen molar-refractivity contribution in [2.45, 2.75) is 34.1 Å². The van der Waals surface area contributed by atoms with Crippen LogP contribution in [0.4, 0.5) is 0 Å². The molecule has 0 amide bonds. The SMILES string of the molecule is CC.CC1(C)CSCC2CNCCC21. The molecule has 2 saturated heterocycles. The molecular weight excluding hydrogens is 190 g/mol. The van der Waals surface area contributed by atoms with E-state index in [2.05, 4.69) is 30.9 Å².